The van der Waals surface area contributed by atoms with Crippen molar-refractivity contribution in [3.63, 3.8) is 0 Å². The molecule has 0 bridgehead atoms. The quantitative estimate of drug-likeness (QED) is 0.882. The van der Waals surface area contributed by atoms with E-state index in [1.54, 1.807) is 10.9 Å². The van der Waals surface area contributed by atoms with Gasteiger partial charge in [-0.1, -0.05) is 0 Å². The molecule has 0 fully saturated rings. The Morgan fingerprint density at radius 2 is 2.39 bits per heavy atom. The molecule has 2 rings (SSSR count). The molecule has 0 spiro atoms. The fourth-order valence-electron chi connectivity index (χ4n) is 1.81. The minimum absolute atomic E-state index is 0.451. The first kappa shape index (κ1) is 13.3. The lowest BCUT2D eigenvalue weighted by atomic mass is 10.3. The molecule has 6 heteroatoms. The SMILES string of the molecule is CN(Cc1ccc(Br)o1)C[C@H](O)Cn1cccn1. The number of aliphatic hydroxyl groups is 1. The Morgan fingerprint density at radius 1 is 1.56 bits per heavy atom. The van der Waals surface area contributed by atoms with Crippen LogP contribution in [0.25, 0.3) is 0 Å². The summed E-state index contributed by atoms with van der Waals surface area (Å²) in [7, 11) is 1.95. The minimum Gasteiger partial charge on any atom is -0.453 e. The van der Waals surface area contributed by atoms with Crippen molar-refractivity contribution in [2.45, 2.75) is 19.2 Å². The molecule has 0 saturated heterocycles. The molecule has 1 N–H and O–H groups in total. The van der Waals surface area contributed by atoms with Crippen molar-refractivity contribution < 1.29 is 9.52 Å². The van der Waals surface area contributed by atoms with Crippen LogP contribution < -0.4 is 0 Å². The van der Waals surface area contributed by atoms with Gasteiger partial charge in [0.05, 0.1) is 19.2 Å². The van der Waals surface area contributed by atoms with Crippen molar-refractivity contribution in [3.05, 3.63) is 41.0 Å². The Kier molecular flexibility index (Phi) is 4.57. The zero-order chi connectivity index (χ0) is 13.0. The van der Waals surface area contributed by atoms with Crippen molar-refractivity contribution in [2.24, 2.45) is 0 Å². The fraction of sp³-hybridized carbons (Fsp3) is 0.417. The normalized spacial score (nSPS) is 13.1. The van der Waals surface area contributed by atoms with Gasteiger partial charge in [0.15, 0.2) is 4.67 Å². The van der Waals surface area contributed by atoms with Crippen LogP contribution in [0.4, 0.5) is 0 Å². The van der Waals surface area contributed by atoms with Crippen LogP contribution in [0.1, 0.15) is 5.76 Å². The van der Waals surface area contributed by atoms with Crippen molar-refractivity contribution in [2.75, 3.05) is 13.6 Å². The highest BCUT2D eigenvalue weighted by Gasteiger charge is 2.11. The molecule has 0 unspecified atom stereocenters. The van der Waals surface area contributed by atoms with Gasteiger partial charge < -0.3 is 9.52 Å². The van der Waals surface area contributed by atoms with Crippen LogP contribution in [-0.2, 0) is 13.1 Å². The van der Waals surface area contributed by atoms with E-state index in [1.165, 1.54) is 0 Å². The van der Waals surface area contributed by atoms with Gasteiger partial charge in [-0.25, -0.2) is 0 Å². The summed E-state index contributed by atoms with van der Waals surface area (Å²) in [6.45, 7) is 1.74. The third kappa shape index (κ3) is 3.97. The summed E-state index contributed by atoms with van der Waals surface area (Å²) in [6, 6.07) is 5.63. The molecule has 98 valence electrons. The molecule has 0 aliphatic carbocycles. The molecule has 1 atom stereocenters. The van der Waals surface area contributed by atoms with E-state index < -0.39 is 6.10 Å². The van der Waals surface area contributed by atoms with Gasteiger partial charge in [-0.2, -0.15) is 5.10 Å². The van der Waals surface area contributed by atoms with Gasteiger partial charge in [-0.05, 0) is 41.2 Å². The molecule has 0 aromatic carbocycles. The van der Waals surface area contributed by atoms with Gasteiger partial charge in [-0.3, -0.25) is 9.58 Å². The molecular weight excluding hydrogens is 298 g/mol. The molecule has 2 aromatic heterocycles. The Bertz CT molecular complexity index is 469. The van der Waals surface area contributed by atoms with Crippen LogP contribution in [0.3, 0.4) is 0 Å². The summed E-state index contributed by atoms with van der Waals surface area (Å²) in [5.41, 5.74) is 0. The van der Waals surface area contributed by atoms with E-state index >= 15 is 0 Å². The average molecular weight is 314 g/mol. The van der Waals surface area contributed by atoms with Crippen LogP contribution >= 0.6 is 15.9 Å². The summed E-state index contributed by atoms with van der Waals surface area (Å²) in [4.78, 5) is 2.01. The monoisotopic (exact) mass is 313 g/mol. The maximum Gasteiger partial charge on any atom is 0.169 e. The topological polar surface area (TPSA) is 54.4 Å². The van der Waals surface area contributed by atoms with E-state index in [4.69, 9.17) is 4.42 Å². The first-order valence-corrected chi connectivity index (χ1v) is 6.51. The van der Waals surface area contributed by atoms with E-state index in [1.807, 2.05) is 36.3 Å². The van der Waals surface area contributed by atoms with Crippen LogP contribution in [0.5, 0.6) is 0 Å². The highest BCUT2D eigenvalue weighted by Crippen LogP contribution is 2.15. The van der Waals surface area contributed by atoms with Crippen molar-refractivity contribution in [1.82, 2.24) is 14.7 Å². The predicted octanol–water partition coefficient (Wildman–Crippen LogP) is 1.73. The standard InChI is InChI=1S/C12H16BrN3O2/c1-15(9-11-3-4-12(13)18-11)7-10(17)8-16-6-2-5-14-16/h2-6,10,17H,7-9H2,1H3/t10-/m0/s1. The Hall–Kier alpha value is -1.11. The van der Waals surface area contributed by atoms with Crippen molar-refractivity contribution in [3.8, 4) is 0 Å². The number of hydrogen-bond acceptors (Lipinski definition) is 4. The van der Waals surface area contributed by atoms with Crippen molar-refractivity contribution >= 4 is 15.9 Å². The number of hydrogen-bond donors (Lipinski definition) is 1. The van der Waals surface area contributed by atoms with E-state index in [9.17, 15) is 5.11 Å². The third-order valence-electron chi connectivity index (χ3n) is 2.53. The van der Waals surface area contributed by atoms with Gasteiger partial charge in [0.1, 0.15) is 5.76 Å². The smallest absolute Gasteiger partial charge is 0.169 e. The number of aromatic nitrogens is 2. The Morgan fingerprint density at radius 3 is 3.00 bits per heavy atom. The molecule has 2 aromatic rings. The van der Waals surface area contributed by atoms with Gasteiger partial charge in [-0.15, -0.1) is 0 Å². The average Bonchev–Trinajstić information content (AvgIpc) is 2.90. The van der Waals surface area contributed by atoms with Crippen LogP contribution in [0, 0.1) is 0 Å². The Balaban J connectivity index is 1.78. The van der Waals surface area contributed by atoms with E-state index in [-0.39, 0.29) is 0 Å². The highest BCUT2D eigenvalue weighted by atomic mass is 79.9. The molecule has 5 nitrogen and oxygen atoms in total. The molecule has 0 aliphatic rings. The third-order valence-corrected chi connectivity index (χ3v) is 2.96. The maximum atomic E-state index is 9.93. The first-order chi connectivity index (χ1) is 8.63. The van der Waals surface area contributed by atoms with Gasteiger partial charge >= 0.3 is 0 Å². The summed E-state index contributed by atoms with van der Waals surface area (Å²) in [5.74, 6) is 0.871. The number of nitrogens with zero attached hydrogens (tertiary/aromatic N) is 3. The lowest BCUT2D eigenvalue weighted by molar-refractivity contribution is 0.101. The summed E-state index contributed by atoms with van der Waals surface area (Å²) in [5, 5.41) is 14.0. The van der Waals surface area contributed by atoms with E-state index in [0.717, 1.165) is 10.4 Å². The zero-order valence-corrected chi connectivity index (χ0v) is 11.7. The first-order valence-electron chi connectivity index (χ1n) is 5.72. The number of halogens is 1. The molecule has 18 heavy (non-hydrogen) atoms. The van der Waals surface area contributed by atoms with E-state index in [2.05, 4.69) is 21.0 Å². The Labute approximate surface area is 114 Å². The van der Waals surface area contributed by atoms with Crippen molar-refractivity contribution in [1.29, 1.82) is 0 Å². The van der Waals surface area contributed by atoms with Gasteiger partial charge in [0.25, 0.3) is 0 Å². The number of rotatable bonds is 6. The second kappa shape index (κ2) is 6.17. The summed E-state index contributed by atoms with van der Waals surface area (Å²) in [6.07, 6.45) is 3.09. The number of likely N-dealkylation sites (N-methyl/N-ethyl adjacent to an activating group) is 1. The summed E-state index contributed by atoms with van der Waals surface area (Å²) >= 11 is 3.27. The van der Waals surface area contributed by atoms with Gasteiger partial charge in [0, 0.05) is 18.9 Å². The highest BCUT2D eigenvalue weighted by molar-refractivity contribution is 9.10. The lowest BCUT2D eigenvalue weighted by Crippen LogP contribution is -2.31. The zero-order valence-electron chi connectivity index (χ0n) is 10.2. The lowest BCUT2D eigenvalue weighted by Gasteiger charge is -2.19. The second-order valence-corrected chi connectivity index (χ2v) is 5.07. The second-order valence-electron chi connectivity index (χ2n) is 4.28. The number of furan rings is 1. The molecule has 2 heterocycles. The summed E-state index contributed by atoms with van der Waals surface area (Å²) < 4.78 is 7.87. The molecular formula is C12H16BrN3O2. The van der Waals surface area contributed by atoms with Crippen LogP contribution in [0.15, 0.2) is 39.7 Å². The van der Waals surface area contributed by atoms with E-state index in [0.29, 0.717) is 19.6 Å². The largest absolute Gasteiger partial charge is 0.453 e. The fourth-order valence-corrected chi connectivity index (χ4v) is 2.15. The minimum atomic E-state index is -0.451. The molecule has 0 aliphatic heterocycles. The van der Waals surface area contributed by atoms with Crippen LogP contribution in [0.2, 0.25) is 0 Å². The number of aliphatic hydroxyl groups excluding tert-OH is 1. The van der Waals surface area contributed by atoms with Gasteiger partial charge in [0.2, 0.25) is 0 Å². The molecule has 0 amide bonds. The maximum absolute atomic E-state index is 9.93. The molecule has 0 radical (unpaired) electrons. The predicted molar refractivity (Wildman–Crippen MR) is 71.0 cm³/mol. The molecule has 0 saturated carbocycles. The van der Waals surface area contributed by atoms with Crippen LogP contribution in [-0.4, -0.2) is 39.5 Å².